The molecule has 0 fully saturated rings. The van der Waals surface area contributed by atoms with Crippen LogP contribution in [0.4, 0.5) is 0 Å². The summed E-state index contributed by atoms with van der Waals surface area (Å²) in [6, 6.07) is 13.3. The van der Waals surface area contributed by atoms with Crippen molar-refractivity contribution in [2.75, 3.05) is 0 Å². The van der Waals surface area contributed by atoms with E-state index in [9.17, 15) is 0 Å². The van der Waals surface area contributed by atoms with Crippen molar-refractivity contribution in [3.8, 4) is 0 Å². The van der Waals surface area contributed by atoms with Crippen LogP contribution in [0.2, 0.25) is 0 Å². The van der Waals surface area contributed by atoms with Gasteiger partial charge < -0.3 is 0 Å². The topological polar surface area (TPSA) is 0 Å². The van der Waals surface area contributed by atoms with Crippen molar-refractivity contribution in [2.24, 2.45) is 0 Å². The average Bonchev–Trinajstić information content (AvgIpc) is 2.32. The molecule has 0 spiro atoms. The quantitative estimate of drug-likeness (QED) is 0.567. The molecule has 0 amide bonds. The minimum Gasteiger partial charge on any atom is -0.0835 e. The first-order valence-electron chi connectivity index (χ1n) is 6.43. The molecule has 0 bridgehead atoms. The molecule has 0 heterocycles. The van der Waals surface area contributed by atoms with Crippen LogP contribution in [0.15, 0.2) is 40.9 Å². The van der Waals surface area contributed by atoms with Crippen molar-refractivity contribution in [3.05, 3.63) is 68.7 Å². The third-order valence-corrected chi connectivity index (χ3v) is 4.72. The van der Waals surface area contributed by atoms with Gasteiger partial charge in [-0.25, -0.2) is 0 Å². The Morgan fingerprint density at radius 2 is 1.68 bits per heavy atom. The van der Waals surface area contributed by atoms with Crippen LogP contribution in [0.3, 0.4) is 0 Å². The number of halogens is 2. The molecule has 0 nitrogen and oxygen atoms in total. The zero-order chi connectivity index (χ0) is 14.0. The summed E-state index contributed by atoms with van der Waals surface area (Å²) in [5.41, 5.74) is 6.71. The molecule has 0 aromatic heterocycles. The highest BCUT2D eigenvalue weighted by atomic mass is 79.9. The van der Waals surface area contributed by atoms with E-state index >= 15 is 0 Å². The Labute approximate surface area is 132 Å². The van der Waals surface area contributed by atoms with Gasteiger partial charge in [0.05, 0.1) is 0 Å². The Bertz CT molecular complexity index is 568. The molecule has 0 saturated carbocycles. The zero-order valence-corrected chi connectivity index (χ0v) is 14.7. The van der Waals surface area contributed by atoms with E-state index < -0.39 is 0 Å². The summed E-state index contributed by atoms with van der Waals surface area (Å²) in [5.74, 6) is 0. The van der Waals surface area contributed by atoms with Crippen molar-refractivity contribution in [3.63, 3.8) is 0 Å². The maximum atomic E-state index is 3.81. The minimum absolute atomic E-state index is 0.353. The molecule has 2 rings (SSSR count). The Kier molecular flexibility index (Phi) is 4.86. The zero-order valence-electron chi connectivity index (χ0n) is 11.5. The SMILES string of the molecule is Cc1cc(Br)cc(C(Br)Cc2ccc(C)c(C)c2)c1. The first kappa shape index (κ1) is 14.8. The van der Waals surface area contributed by atoms with E-state index in [2.05, 4.69) is 89.0 Å². The van der Waals surface area contributed by atoms with Crippen LogP contribution in [0.1, 0.15) is 32.6 Å². The lowest BCUT2D eigenvalue weighted by Crippen LogP contribution is -1.97. The number of hydrogen-bond acceptors (Lipinski definition) is 0. The van der Waals surface area contributed by atoms with Gasteiger partial charge in [-0.15, -0.1) is 0 Å². The number of alkyl halides is 1. The van der Waals surface area contributed by atoms with Gasteiger partial charge in [-0.1, -0.05) is 56.1 Å². The van der Waals surface area contributed by atoms with Crippen LogP contribution in [-0.2, 0) is 6.42 Å². The number of aryl methyl sites for hydroxylation is 3. The van der Waals surface area contributed by atoms with E-state index in [1.165, 1.54) is 27.8 Å². The van der Waals surface area contributed by atoms with Gasteiger partial charge in [0.2, 0.25) is 0 Å². The van der Waals surface area contributed by atoms with Gasteiger partial charge in [0.15, 0.2) is 0 Å². The summed E-state index contributed by atoms with van der Waals surface area (Å²) in [4.78, 5) is 0.353. The fourth-order valence-corrected chi connectivity index (χ4v) is 3.46. The van der Waals surface area contributed by atoms with Gasteiger partial charge in [-0.2, -0.15) is 0 Å². The third kappa shape index (κ3) is 3.93. The molecule has 0 saturated heterocycles. The molecule has 0 N–H and O–H groups in total. The van der Waals surface area contributed by atoms with Crippen LogP contribution in [0.5, 0.6) is 0 Å². The Hall–Kier alpha value is -0.600. The third-order valence-electron chi connectivity index (χ3n) is 3.41. The van der Waals surface area contributed by atoms with Crippen molar-refractivity contribution in [1.82, 2.24) is 0 Å². The molecule has 1 unspecified atom stereocenters. The second kappa shape index (κ2) is 6.23. The predicted octanol–water partition coefficient (Wildman–Crippen LogP) is 6.05. The van der Waals surface area contributed by atoms with Gasteiger partial charge in [0, 0.05) is 9.30 Å². The van der Waals surface area contributed by atoms with E-state index in [1.54, 1.807) is 0 Å². The number of benzene rings is 2. The molecule has 0 aliphatic heterocycles. The first-order valence-corrected chi connectivity index (χ1v) is 8.14. The summed E-state index contributed by atoms with van der Waals surface area (Å²) >= 11 is 7.38. The monoisotopic (exact) mass is 380 g/mol. The van der Waals surface area contributed by atoms with Crippen LogP contribution in [0.25, 0.3) is 0 Å². The summed E-state index contributed by atoms with van der Waals surface area (Å²) in [6.45, 7) is 6.46. The molecule has 2 heteroatoms. The van der Waals surface area contributed by atoms with E-state index in [0.29, 0.717) is 4.83 Å². The van der Waals surface area contributed by atoms with Crippen molar-refractivity contribution < 1.29 is 0 Å². The lowest BCUT2D eigenvalue weighted by Gasteiger charge is -2.13. The fraction of sp³-hybridized carbons (Fsp3) is 0.294. The number of rotatable bonds is 3. The van der Waals surface area contributed by atoms with Crippen molar-refractivity contribution >= 4 is 31.9 Å². The molecule has 0 aliphatic carbocycles. The first-order chi connectivity index (χ1) is 8.95. The molecule has 2 aromatic carbocycles. The lowest BCUT2D eigenvalue weighted by atomic mass is 10.00. The normalized spacial score (nSPS) is 12.5. The summed E-state index contributed by atoms with van der Waals surface area (Å²) in [5, 5.41) is 0. The van der Waals surface area contributed by atoms with Crippen LogP contribution in [0, 0.1) is 20.8 Å². The van der Waals surface area contributed by atoms with E-state index in [-0.39, 0.29) is 0 Å². The highest BCUT2D eigenvalue weighted by molar-refractivity contribution is 9.10. The highest BCUT2D eigenvalue weighted by Gasteiger charge is 2.10. The van der Waals surface area contributed by atoms with Crippen molar-refractivity contribution in [1.29, 1.82) is 0 Å². The van der Waals surface area contributed by atoms with Gasteiger partial charge >= 0.3 is 0 Å². The minimum atomic E-state index is 0.353. The molecule has 100 valence electrons. The summed E-state index contributed by atoms with van der Waals surface area (Å²) in [6.07, 6.45) is 1.01. The Morgan fingerprint density at radius 1 is 0.947 bits per heavy atom. The summed E-state index contributed by atoms with van der Waals surface area (Å²) in [7, 11) is 0. The van der Waals surface area contributed by atoms with Crippen molar-refractivity contribution in [2.45, 2.75) is 32.0 Å². The largest absolute Gasteiger partial charge is 0.0835 e. The second-order valence-electron chi connectivity index (χ2n) is 5.15. The lowest BCUT2D eigenvalue weighted by molar-refractivity contribution is 0.942. The fourth-order valence-electron chi connectivity index (χ4n) is 2.20. The molecule has 2 aromatic rings. The van der Waals surface area contributed by atoms with Gasteiger partial charge in [-0.3, -0.25) is 0 Å². The smallest absolute Gasteiger partial charge is 0.0436 e. The standard InChI is InChI=1S/C17H18Br2/c1-11-6-15(10-16(18)7-11)17(19)9-14-5-4-12(2)13(3)8-14/h4-8,10,17H,9H2,1-3H3. The molecule has 19 heavy (non-hydrogen) atoms. The van der Waals surface area contributed by atoms with E-state index in [4.69, 9.17) is 0 Å². The molecule has 0 radical (unpaired) electrons. The maximum absolute atomic E-state index is 3.81. The van der Waals surface area contributed by atoms with E-state index in [1.807, 2.05) is 0 Å². The van der Waals surface area contributed by atoms with Crippen LogP contribution in [-0.4, -0.2) is 0 Å². The maximum Gasteiger partial charge on any atom is 0.0436 e. The Morgan fingerprint density at radius 3 is 2.32 bits per heavy atom. The van der Waals surface area contributed by atoms with Gasteiger partial charge in [-0.05, 0) is 67.1 Å². The Balaban J connectivity index is 2.20. The number of hydrogen-bond donors (Lipinski definition) is 0. The van der Waals surface area contributed by atoms with E-state index in [0.717, 1.165) is 10.9 Å². The molecular formula is C17H18Br2. The summed E-state index contributed by atoms with van der Waals surface area (Å²) < 4.78 is 1.15. The molecular weight excluding hydrogens is 364 g/mol. The molecule has 0 aliphatic rings. The predicted molar refractivity (Wildman–Crippen MR) is 90.2 cm³/mol. The molecule has 1 atom stereocenters. The van der Waals surface area contributed by atoms with Crippen LogP contribution >= 0.6 is 31.9 Å². The highest BCUT2D eigenvalue weighted by Crippen LogP contribution is 2.30. The second-order valence-corrected chi connectivity index (χ2v) is 7.17. The average molecular weight is 382 g/mol. The van der Waals surface area contributed by atoms with Gasteiger partial charge in [0.1, 0.15) is 0 Å². The van der Waals surface area contributed by atoms with Gasteiger partial charge in [0.25, 0.3) is 0 Å². The van der Waals surface area contributed by atoms with Crippen LogP contribution < -0.4 is 0 Å².